The molecular weight excluding hydrogens is 390 g/mol. The molecule has 3 aromatic rings. The first kappa shape index (κ1) is 19.5. The molecule has 1 saturated heterocycles. The van der Waals surface area contributed by atoms with Crippen molar-refractivity contribution in [3.05, 3.63) is 71.7 Å². The van der Waals surface area contributed by atoms with Crippen molar-refractivity contribution in [1.29, 1.82) is 0 Å². The van der Waals surface area contributed by atoms with Crippen LogP contribution in [0.4, 0.5) is 11.8 Å². The number of para-hydroxylation sites is 1. The number of aromatic nitrogens is 3. The van der Waals surface area contributed by atoms with Gasteiger partial charge < -0.3 is 14.5 Å². The van der Waals surface area contributed by atoms with Crippen LogP contribution in [0, 0.1) is 0 Å². The lowest BCUT2D eigenvalue weighted by molar-refractivity contribution is 0.0962. The Labute approximate surface area is 181 Å². The zero-order valence-corrected chi connectivity index (χ0v) is 17.6. The Morgan fingerprint density at radius 2 is 1.71 bits per heavy atom. The fourth-order valence-electron chi connectivity index (χ4n) is 4.49. The highest BCUT2D eigenvalue weighted by molar-refractivity contribution is 5.98. The summed E-state index contributed by atoms with van der Waals surface area (Å²) in [5, 5.41) is 0. The molecule has 0 unspecified atom stereocenters. The summed E-state index contributed by atoms with van der Waals surface area (Å²) < 4.78 is 5.53. The van der Waals surface area contributed by atoms with E-state index >= 15 is 0 Å². The van der Waals surface area contributed by atoms with E-state index in [1.807, 2.05) is 48.7 Å². The van der Waals surface area contributed by atoms with Gasteiger partial charge in [-0.25, -0.2) is 15.0 Å². The van der Waals surface area contributed by atoms with Crippen LogP contribution >= 0.6 is 0 Å². The van der Waals surface area contributed by atoms with E-state index in [9.17, 15) is 4.79 Å². The molecule has 1 aliphatic carbocycles. The van der Waals surface area contributed by atoms with Gasteiger partial charge in [-0.15, -0.1) is 0 Å². The van der Waals surface area contributed by atoms with Crippen LogP contribution in [0.1, 0.15) is 34.0 Å². The van der Waals surface area contributed by atoms with Gasteiger partial charge in [0.15, 0.2) is 5.78 Å². The summed E-state index contributed by atoms with van der Waals surface area (Å²) in [5.74, 6) is 2.69. The van der Waals surface area contributed by atoms with Gasteiger partial charge in [0, 0.05) is 50.9 Å². The van der Waals surface area contributed by atoms with Crippen LogP contribution in [-0.2, 0) is 6.42 Å². The summed E-state index contributed by atoms with van der Waals surface area (Å²) in [6.07, 6.45) is 4.71. The van der Waals surface area contributed by atoms with Crippen molar-refractivity contribution in [1.82, 2.24) is 15.0 Å². The van der Waals surface area contributed by atoms with Crippen LogP contribution in [-0.4, -0.2) is 54.0 Å². The first-order chi connectivity index (χ1) is 15.2. The van der Waals surface area contributed by atoms with Crippen molar-refractivity contribution in [2.75, 3.05) is 43.1 Å². The highest BCUT2D eigenvalue weighted by atomic mass is 16.5. The second kappa shape index (κ2) is 8.34. The molecule has 31 heavy (non-hydrogen) atoms. The number of ether oxygens (including phenoxy) is 1. The fraction of sp³-hybridized carbons (Fsp3) is 0.333. The SMILES string of the molecule is COc1ccccc1[C@H]1CC(=O)c2cnc(N3CCN(c4ccccn4)CC3)nc2C1. The molecule has 158 valence electrons. The molecule has 1 aliphatic heterocycles. The van der Waals surface area contributed by atoms with Crippen molar-refractivity contribution < 1.29 is 9.53 Å². The number of Topliss-reactive ketones (excluding diaryl/α,β-unsaturated/α-hetero) is 1. The van der Waals surface area contributed by atoms with E-state index in [-0.39, 0.29) is 11.7 Å². The van der Waals surface area contributed by atoms with E-state index in [0.29, 0.717) is 24.4 Å². The summed E-state index contributed by atoms with van der Waals surface area (Å²) in [6.45, 7) is 3.36. The molecular formula is C24H25N5O2. The van der Waals surface area contributed by atoms with Crippen LogP contribution in [0.3, 0.4) is 0 Å². The number of carbonyl (C=O) groups excluding carboxylic acids is 1. The number of pyridine rings is 1. The molecule has 2 aliphatic rings. The van der Waals surface area contributed by atoms with Crippen molar-refractivity contribution >= 4 is 17.5 Å². The highest BCUT2D eigenvalue weighted by Crippen LogP contribution is 2.36. The molecule has 1 atom stereocenters. The standard InChI is InChI=1S/C24H25N5O2/c1-31-22-7-3-2-6-18(22)17-14-20-19(21(30)15-17)16-26-24(27-20)29-12-10-28(11-13-29)23-8-4-5-9-25-23/h2-9,16-17H,10-15H2,1H3/t17-/m1/s1. The quantitative estimate of drug-likeness (QED) is 0.648. The molecule has 0 bridgehead atoms. The molecule has 0 amide bonds. The molecule has 0 radical (unpaired) electrons. The minimum absolute atomic E-state index is 0.0694. The average Bonchev–Trinajstić information content (AvgIpc) is 2.84. The lowest BCUT2D eigenvalue weighted by Crippen LogP contribution is -2.47. The Morgan fingerprint density at radius 3 is 2.48 bits per heavy atom. The third-order valence-corrected chi connectivity index (χ3v) is 6.14. The number of anilines is 2. The Kier molecular flexibility index (Phi) is 5.24. The van der Waals surface area contributed by atoms with Crippen molar-refractivity contribution in [3.63, 3.8) is 0 Å². The van der Waals surface area contributed by atoms with Crippen molar-refractivity contribution in [2.45, 2.75) is 18.8 Å². The molecule has 0 spiro atoms. The lowest BCUT2D eigenvalue weighted by atomic mass is 9.82. The number of benzene rings is 1. The fourth-order valence-corrected chi connectivity index (χ4v) is 4.49. The Bertz CT molecular complexity index is 1080. The normalized spacial score (nSPS) is 18.6. The van der Waals surface area contributed by atoms with Gasteiger partial charge in [0.2, 0.25) is 5.95 Å². The number of fused-ring (bicyclic) bond motifs is 1. The zero-order valence-electron chi connectivity index (χ0n) is 17.6. The minimum Gasteiger partial charge on any atom is -0.496 e. The molecule has 1 aromatic carbocycles. The topological polar surface area (TPSA) is 71.5 Å². The predicted octanol–water partition coefficient (Wildman–Crippen LogP) is 3.12. The predicted molar refractivity (Wildman–Crippen MR) is 119 cm³/mol. The number of ketones is 1. The number of hydrogen-bond donors (Lipinski definition) is 0. The number of carbonyl (C=O) groups is 1. The Hall–Kier alpha value is -3.48. The minimum atomic E-state index is 0.0694. The van der Waals surface area contributed by atoms with E-state index in [0.717, 1.165) is 49.0 Å². The summed E-state index contributed by atoms with van der Waals surface area (Å²) in [6, 6.07) is 13.9. The number of methoxy groups -OCH3 is 1. The Morgan fingerprint density at radius 1 is 0.935 bits per heavy atom. The Balaban J connectivity index is 1.34. The van der Waals surface area contributed by atoms with Gasteiger partial charge in [-0.1, -0.05) is 24.3 Å². The maximum Gasteiger partial charge on any atom is 0.225 e. The second-order valence-electron chi connectivity index (χ2n) is 7.96. The second-order valence-corrected chi connectivity index (χ2v) is 7.96. The molecule has 7 heteroatoms. The van der Waals surface area contributed by atoms with E-state index in [1.165, 1.54) is 0 Å². The zero-order chi connectivity index (χ0) is 21.2. The maximum atomic E-state index is 12.8. The first-order valence-corrected chi connectivity index (χ1v) is 10.7. The molecule has 2 aromatic heterocycles. The van der Waals surface area contributed by atoms with Crippen molar-refractivity contribution in [3.8, 4) is 5.75 Å². The molecule has 3 heterocycles. The van der Waals surface area contributed by atoms with Crippen LogP contribution in [0.15, 0.2) is 54.9 Å². The molecule has 7 nitrogen and oxygen atoms in total. The van der Waals surface area contributed by atoms with Gasteiger partial charge in [0.25, 0.3) is 0 Å². The summed E-state index contributed by atoms with van der Waals surface area (Å²) in [4.78, 5) is 31.1. The van der Waals surface area contributed by atoms with Gasteiger partial charge in [-0.05, 0) is 30.2 Å². The van der Waals surface area contributed by atoms with E-state index < -0.39 is 0 Å². The van der Waals surface area contributed by atoms with E-state index in [2.05, 4.69) is 19.8 Å². The molecule has 5 rings (SSSR count). The van der Waals surface area contributed by atoms with Gasteiger partial charge in [-0.3, -0.25) is 4.79 Å². The van der Waals surface area contributed by atoms with E-state index in [4.69, 9.17) is 9.72 Å². The third-order valence-electron chi connectivity index (χ3n) is 6.14. The van der Waals surface area contributed by atoms with Crippen LogP contribution in [0.5, 0.6) is 5.75 Å². The monoisotopic (exact) mass is 415 g/mol. The van der Waals surface area contributed by atoms with Crippen LogP contribution in [0.2, 0.25) is 0 Å². The summed E-state index contributed by atoms with van der Waals surface area (Å²) in [7, 11) is 1.67. The van der Waals surface area contributed by atoms with Gasteiger partial charge in [0.1, 0.15) is 11.6 Å². The molecule has 0 N–H and O–H groups in total. The smallest absolute Gasteiger partial charge is 0.225 e. The summed E-state index contributed by atoms with van der Waals surface area (Å²) >= 11 is 0. The van der Waals surface area contributed by atoms with Gasteiger partial charge in [-0.2, -0.15) is 0 Å². The van der Waals surface area contributed by atoms with E-state index in [1.54, 1.807) is 13.3 Å². The number of rotatable bonds is 4. The number of hydrogen-bond acceptors (Lipinski definition) is 7. The van der Waals surface area contributed by atoms with Gasteiger partial charge in [0.05, 0.1) is 18.4 Å². The van der Waals surface area contributed by atoms with Crippen LogP contribution < -0.4 is 14.5 Å². The third kappa shape index (κ3) is 3.83. The van der Waals surface area contributed by atoms with Crippen molar-refractivity contribution in [2.24, 2.45) is 0 Å². The maximum absolute atomic E-state index is 12.8. The highest BCUT2D eigenvalue weighted by Gasteiger charge is 2.30. The molecule has 1 fully saturated rings. The summed E-state index contributed by atoms with van der Waals surface area (Å²) in [5.41, 5.74) is 2.56. The first-order valence-electron chi connectivity index (χ1n) is 10.7. The number of piperazine rings is 1. The average molecular weight is 415 g/mol. The lowest BCUT2D eigenvalue weighted by Gasteiger charge is -2.35. The number of nitrogens with zero attached hydrogens (tertiary/aromatic N) is 5. The molecule has 0 saturated carbocycles. The largest absolute Gasteiger partial charge is 0.496 e. The van der Waals surface area contributed by atoms with Crippen LogP contribution in [0.25, 0.3) is 0 Å². The van der Waals surface area contributed by atoms with Gasteiger partial charge >= 0.3 is 0 Å².